The van der Waals surface area contributed by atoms with Crippen molar-refractivity contribution < 1.29 is 4.79 Å². The number of rotatable bonds is 3. The average molecular weight is 306 g/mol. The highest BCUT2D eigenvalue weighted by Gasteiger charge is 2.17. The standard InChI is InChI=1S/C19H18N2O2/c1-20(12-14-8-4-3-5-9-14)19(23)17-13-21(2)18(22)16-11-7-6-10-15(16)17/h3-11,13H,12H2,1-2H3. The highest BCUT2D eigenvalue weighted by molar-refractivity contribution is 6.06. The number of nitrogens with zero attached hydrogens (tertiary/aromatic N) is 2. The second-order valence-corrected chi connectivity index (χ2v) is 5.65. The number of carbonyl (C=O) groups excluding carboxylic acids is 1. The summed E-state index contributed by atoms with van der Waals surface area (Å²) in [5.41, 5.74) is 1.52. The molecule has 3 rings (SSSR count). The van der Waals surface area contributed by atoms with Crippen molar-refractivity contribution in [2.45, 2.75) is 6.54 Å². The molecular weight excluding hydrogens is 288 g/mol. The summed E-state index contributed by atoms with van der Waals surface area (Å²) < 4.78 is 1.46. The average Bonchev–Trinajstić information content (AvgIpc) is 2.58. The van der Waals surface area contributed by atoms with Gasteiger partial charge in [-0.3, -0.25) is 9.59 Å². The van der Waals surface area contributed by atoms with Gasteiger partial charge in [-0.25, -0.2) is 0 Å². The van der Waals surface area contributed by atoms with E-state index in [0.29, 0.717) is 22.9 Å². The molecule has 0 aliphatic carbocycles. The third kappa shape index (κ3) is 2.88. The molecule has 1 aromatic heterocycles. The molecule has 2 aromatic carbocycles. The Balaban J connectivity index is 2.01. The van der Waals surface area contributed by atoms with Crippen LogP contribution in [0.4, 0.5) is 0 Å². The zero-order chi connectivity index (χ0) is 16.4. The van der Waals surface area contributed by atoms with Crippen molar-refractivity contribution in [2.24, 2.45) is 7.05 Å². The maximum Gasteiger partial charge on any atom is 0.258 e. The molecule has 0 saturated carbocycles. The van der Waals surface area contributed by atoms with Crippen molar-refractivity contribution in [3.63, 3.8) is 0 Å². The normalized spacial score (nSPS) is 10.7. The Morgan fingerprint density at radius 1 is 1.00 bits per heavy atom. The van der Waals surface area contributed by atoms with E-state index < -0.39 is 0 Å². The number of benzene rings is 2. The van der Waals surface area contributed by atoms with Crippen molar-refractivity contribution in [3.8, 4) is 0 Å². The van der Waals surface area contributed by atoms with E-state index in [4.69, 9.17) is 0 Å². The lowest BCUT2D eigenvalue weighted by atomic mass is 10.1. The summed E-state index contributed by atoms with van der Waals surface area (Å²) in [5.74, 6) is -0.0966. The van der Waals surface area contributed by atoms with Crippen molar-refractivity contribution in [1.82, 2.24) is 9.47 Å². The van der Waals surface area contributed by atoms with Gasteiger partial charge in [0.1, 0.15) is 0 Å². The summed E-state index contributed by atoms with van der Waals surface area (Å²) in [6, 6.07) is 17.1. The van der Waals surface area contributed by atoms with Gasteiger partial charge in [-0.15, -0.1) is 0 Å². The SMILES string of the molecule is CN(Cc1ccccc1)C(=O)c1cn(C)c(=O)c2ccccc12. The van der Waals surface area contributed by atoms with Crippen LogP contribution < -0.4 is 5.56 Å². The lowest BCUT2D eigenvalue weighted by molar-refractivity contribution is 0.0786. The number of aromatic nitrogens is 1. The molecular formula is C19H18N2O2. The van der Waals surface area contributed by atoms with E-state index in [1.54, 1.807) is 31.3 Å². The van der Waals surface area contributed by atoms with E-state index in [1.165, 1.54) is 4.57 Å². The second kappa shape index (κ2) is 6.08. The zero-order valence-electron chi connectivity index (χ0n) is 13.2. The Morgan fingerprint density at radius 2 is 1.61 bits per heavy atom. The van der Waals surface area contributed by atoms with E-state index in [-0.39, 0.29) is 11.5 Å². The van der Waals surface area contributed by atoms with Crippen LogP contribution in [0.5, 0.6) is 0 Å². The first-order valence-electron chi connectivity index (χ1n) is 7.45. The van der Waals surface area contributed by atoms with Crippen LogP contribution in [-0.2, 0) is 13.6 Å². The third-order valence-corrected chi connectivity index (χ3v) is 3.93. The van der Waals surface area contributed by atoms with E-state index in [1.807, 2.05) is 48.5 Å². The molecule has 3 aromatic rings. The van der Waals surface area contributed by atoms with Crippen LogP contribution >= 0.6 is 0 Å². The molecule has 0 fully saturated rings. The topological polar surface area (TPSA) is 42.3 Å². The van der Waals surface area contributed by atoms with Gasteiger partial charge in [-0.05, 0) is 11.6 Å². The Bertz CT molecular complexity index is 914. The zero-order valence-corrected chi connectivity index (χ0v) is 13.2. The molecule has 0 atom stereocenters. The van der Waals surface area contributed by atoms with Crippen LogP contribution in [0.2, 0.25) is 0 Å². The third-order valence-electron chi connectivity index (χ3n) is 3.93. The van der Waals surface area contributed by atoms with Crippen molar-refractivity contribution in [2.75, 3.05) is 7.05 Å². The highest BCUT2D eigenvalue weighted by Crippen LogP contribution is 2.17. The van der Waals surface area contributed by atoms with Crippen LogP contribution in [-0.4, -0.2) is 22.4 Å². The van der Waals surface area contributed by atoms with Gasteiger partial charge in [0.15, 0.2) is 0 Å². The lowest BCUT2D eigenvalue weighted by Crippen LogP contribution is -2.28. The molecule has 0 radical (unpaired) electrons. The number of pyridine rings is 1. The fourth-order valence-electron chi connectivity index (χ4n) is 2.72. The van der Waals surface area contributed by atoms with E-state index in [0.717, 1.165) is 5.56 Å². The minimum absolute atomic E-state index is 0.0946. The number of amides is 1. The molecule has 23 heavy (non-hydrogen) atoms. The molecule has 0 unspecified atom stereocenters. The first kappa shape index (κ1) is 15.0. The molecule has 0 saturated heterocycles. The second-order valence-electron chi connectivity index (χ2n) is 5.65. The van der Waals surface area contributed by atoms with Gasteiger partial charge in [0.25, 0.3) is 11.5 Å². The molecule has 4 nitrogen and oxygen atoms in total. The monoisotopic (exact) mass is 306 g/mol. The quantitative estimate of drug-likeness (QED) is 0.747. The van der Waals surface area contributed by atoms with Gasteiger partial charge in [-0.2, -0.15) is 0 Å². The maximum absolute atomic E-state index is 12.8. The molecule has 1 amide bonds. The van der Waals surface area contributed by atoms with Crippen LogP contribution in [0.3, 0.4) is 0 Å². The number of fused-ring (bicyclic) bond motifs is 1. The minimum Gasteiger partial charge on any atom is -0.337 e. The Labute approximate surface area is 134 Å². The summed E-state index contributed by atoms with van der Waals surface area (Å²) in [4.78, 5) is 26.7. The highest BCUT2D eigenvalue weighted by atomic mass is 16.2. The summed E-state index contributed by atoms with van der Waals surface area (Å²) >= 11 is 0. The van der Waals surface area contributed by atoms with Crippen LogP contribution in [0.15, 0.2) is 65.6 Å². The smallest absolute Gasteiger partial charge is 0.258 e. The summed E-state index contributed by atoms with van der Waals surface area (Å²) in [7, 11) is 3.44. The lowest BCUT2D eigenvalue weighted by Gasteiger charge is -2.19. The number of hydrogen-bond donors (Lipinski definition) is 0. The van der Waals surface area contributed by atoms with E-state index in [9.17, 15) is 9.59 Å². The van der Waals surface area contributed by atoms with Gasteiger partial charge in [-0.1, -0.05) is 48.5 Å². The summed E-state index contributed by atoms with van der Waals surface area (Å²) in [6.07, 6.45) is 1.62. The Kier molecular flexibility index (Phi) is 3.98. The largest absolute Gasteiger partial charge is 0.337 e. The first-order valence-corrected chi connectivity index (χ1v) is 7.45. The van der Waals surface area contributed by atoms with Gasteiger partial charge < -0.3 is 9.47 Å². The van der Waals surface area contributed by atoms with Crippen molar-refractivity contribution >= 4 is 16.7 Å². The molecule has 0 bridgehead atoms. The number of hydrogen-bond acceptors (Lipinski definition) is 2. The fraction of sp³-hybridized carbons (Fsp3) is 0.158. The minimum atomic E-state index is -0.0966. The van der Waals surface area contributed by atoms with Gasteiger partial charge >= 0.3 is 0 Å². The first-order chi connectivity index (χ1) is 11.1. The van der Waals surface area contributed by atoms with Gasteiger partial charge in [0, 0.05) is 37.6 Å². The predicted octanol–water partition coefficient (Wildman–Crippen LogP) is 2.81. The van der Waals surface area contributed by atoms with Gasteiger partial charge in [0.2, 0.25) is 0 Å². The fourth-order valence-corrected chi connectivity index (χ4v) is 2.72. The summed E-state index contributed by atoms with van der Waals surface area (Å²) in [5, 5.41) is 1.26. The molecule has 116 valence electrons. The summed E-state index contributed by atoms with van der Waals surface area (Å²) in [6.45, 7) is 0.525. The number of carbonyl (C=O) groups is 1. The maximum atomic E-state index is 12.8. The van der Waals surface area contributed by atoms with E-state index in [2.05, 4.69) is 0 Å². The van der Waals surface area contributed by atoms with Crippen LogP contribution in [0.25, 0.3) is 10.8 Å². The Hall–Kier alpha value is -2.88. The molecule has 0 aliphatic rings. The molecule has 4 heteroatoms. The van der Waals surface area contributed by atoms with Crippen molar-refractivity contribution in [1.29, 1.82) is 0 Å². The van der Waals surface area contributed by atoms with Crippen LogP contribution in [0.1, 0.15) is 15.9 Å². The molecule has 1 heterocycles. The molecule has 0 N–H and O–H groups in total. The van der Waals surface area contributed by atoms with E-state index >= 15 is 0 Å². The van der Waals surface area contributed by atoms with Crippen molar-refractivity contribution in [3.05, 3.63) is 82.3 Å². The number of aryl methyl sites for hydroxylation is 1. The predicted molar refractivity (Wildman–Crippen MR) is 91.4 cm³/mol. The Morgan fingerprint density at radius 3 is 2.30 bits per heavy atom. The van der Waals surface area contributed by atoms with Gasteiger partial charge in [0.05, 0.1) is 5.56 Å². The van der Waals surface area contributed by atoms with Crippen LogP contribution in [0, 0.1) is 0 Å². The molecule has 0 spiro atoms. The molecule has 0 aliphatic heterocycles.